The van der Waals surface area contributed by atoms with Crippen LogP contribution in [0.25, 0.3) is 11.0 Å². The summed E-state index contributed by atoms with van der Waals surface area (Å²) >= 11 is 1.69. The number of thioether (sulfide) groups is 1. The van der Waals surface area contributed by atoms with E-state index in [9.17, 15) is 0 Å². The molecule has 0 spiro atoms. The number of hydrogen-bond acceptors (Lipinski definition) is 3. The van der Waals surface area contributed by atoms with E-state index >= 15 is 0 Å². The van der Waals surface area contributed by atoms with Gasteiger partial charge < -0.3 is 4.98 Å². The summed E-state index contributed by atoms with van der Waals surface area (Å²) in [5, 5.41) is 0. The van der Waals surface area contributed by atoms with Gasteiger partial charge in [0, 0.05) is 4.90 Å². The van der Waals surface area contributed by atoms with E-state index in [1.54, 1.807) is 18.0 Å². The fourth-order valence-electron chi connectivity index (χ4n) is 1.90. The van der Waals surface area contributed by atoms with Crippen LogP contribution in [0.3, 0.4) is 0 Å². The molecule has 0 aliphatic rings. The smallest absolute Gasteiger partial charge is 0.149 e. The van der Waals surface area contributed by atoms with E-state index in [1.807, 2.05) is 42.5 Å². The number of aromatic nitrogens is 2. The largest absolute Gasteiger partial charge is 0.337 e. The van der Waals surface area contributed by atoms with Gasteiger partial charge in [-0.2, -0.15) is 0 Å². The van der Waals surface area contributed by atoms with E-state index in [1.165, 1.54) is 0 Å². The number of para-hydroxylation sites is 3. The first-order valence-electron chi connectivity index (χ1n) is 5.98. The number of aliphatic imine (C=N–C) groups is 1. The van der Waals surface area contributed by atoms with Gasteiger partial charge in [0.25, 0.3) is 0 Å². The van der Waals surface area contributed by atoms with Crippen molar-refractivity contribution in [3.63, 3.8) is 0 Å². The summed E-state index contributed by atoms with van der Waals surface area (Å²) in [6.45, 7) is 0. The molecule has 0 aliphatic carbocycles. The van der Waals surface area contributed by atoms with Crippen molar-refractivity contribution in [2.75, 3.05) is 6.26 Å². The highest BCUT2D eigenvalue weighted by atomic mass is 32.2. The van der Waals surface area contributed by atoms with Gasteiger partial charge in [-0.25, -0.2) is 4.98 Å². The normalized spacial score (nSPS) is 11.4. The molecule has 0 saturated carbocycles. The number of imidazole rings is 1. The molecular weight excluding hydrogens is 254 g/mol. The summed E-state index contributed by atoms with van der Waals surface area (Å²) in [6.07, 6.45) is 3.82. The Hall–Kier alpha value is -2.07. The number of rotatable bonds is 3. The molecule has 4 heteroatoms. The fraction of sp³-hybridized carbons (Fsp3) is 0.0667. The maximum atomic E-state index is 4.50. The second-order valence-electron chi connectivity index (χ2n) is 4.07. The van der Waals surface area contributed by atoms with Crippen molar-refractivity contribution in [3.8, 4) is 0 Å². The van der Waals surface area contributed by atoms with Crippen LogP contribution in [0.1, 0.15) is 5.82 Å². The average molecular weight is 267 g/mol. The first-order chi connectivity index (χ1) is 9.36. The van der Waals surface area contributed by atoms with Crippen molar-refractivity contribution in [3.05, 3.63) is 54.4 Å². The molecule has 1 heterocycles. The third-order valence-corrected chi connectivity index (χ3v) is 3.60. The van der Waals surface area contributed by atoms with E-state index in [0.29, 0.717) is 0 Å². The minimum atomic E-state index is 0.775. The Morgan fingerprint density at radius 1 is 1.11 bits per heavy atom. The molecule has 0 bridgehead atoms. The Bertz CT molecular complexity index is 698. The van der Waals surface area contributed by atoms with Crippen molar-refractivity contribution in [2.24, 2.45) is 4.99 Å². The molecular formula is C15H13N3S. The number of fused-ring (bicyclic) bond motifs is 1. The second-order valence-corrected chi connectivity index (χ2v) is 4.92. The Morgan fingerprint density at radius 3 is 2.74 bits per heavy atom. The molecule has 94 valence electrons. The van der Waals surface area contributed by atoms with Crippen molar-refractivity contribution >= 4 is 34.7 Å². The number of hydrogen-bond donors (Lipinski definition) is 1. The van der Waals surface area contributed by atoms with Crippen LogP contribution in [0, 0.1) is 0 Å². The van der Waals surface area contributed by atoms with E-state index in [0.717, 1.165) is 27.4 Å². The lowest BCUT2D eigenvalue weighted by atomic mass is 10.3. The number of benzene rings is 2. The third-order valence-electron chi connectivity index (χ3n) is 2.82. The molecule has 0 fully saturated rings. The van der Waals surface area contributed by atoms with Gasteiger partial charge in [-0.3, -0.25) is 4.99 Å². The van der Waals surface area contributed by atoms with Crippen molar-refractivity contribution < 1.29 is 0 Å². The lowest BCUT2D eigenvalue weighted by Gasteiger charge is -1.99. The average Bonchev–Trinajstić information content (AvgIpc) is 2.88. The molecule has 0 saturated heterocycles. The summed E-state index contributed by atoms with van der Waals surface area (Å²) in [7, 11) is 0. The molecule has 1 aromatic heterocycles. The summed E-state index contributed by atoms with van der Waals surface area (Å²) in [4.78, 5) is 13.4. The SMILES string of the molecule is CSc1ccccc1N=Cc1nc2ccccc2[nH]1. The van der Waals surface area contributed by atoms with Crippen LogP contribution in [0.4, 0.5) is 5.69 Å². The minimum absolute atomic E-state index is 0.775. The van der Waals surface area contributed by atoms with Gasteiger partial charge in [-0.1, -0.05) is 24.3 Å². The molecule has 3 rings (SSSR count). The molecule has 19 heavy (non-hydrogen) atoms. The summed E-state index contributed by atoms with van der Waals surface area (Å²) < 4.78 is 0. The van der Waals surface area contributed by atoms with Crippen LogP contribution in [-0.4, -0.2) is 22.4 Å². The van der Waals surface area contributed by atoms with E-state index < -0.39 is 0 Å². The molecule has 0 atom stereocenters. The zero-order valence-corrected chi connectivity index (χ0v) is 11.3. The van der Waals surface area contributed by atoms with Gasteiger partial charge in [0.2, 0.25) is 0 Å². The van der Waals surface area contributed by atoms with Gasteiger partial charge in [-0.05, 0) is 30.5 Å². The highest BCUT2D eigenvalue weighted by Crippen LogP contribution is 2.27. The molecule has 0 radical (unpaired) electrons. The van der Waals surface area contributed by atoms with Gasteiger partial charge in [0.05, 0.1) is 22.9 Å². The Kier molecular flexibility index (Phi) is 3.33. The highest BCUT2D eigenvalue weighted by Gasteiger charge is 2.00. The van der Waals surface area contributed by atoms with Crippen LogP contribution in [-0.2, 0) is 0 Å². The highest BCUT2D eigenvalue weighted by molar-refractivity contribution is 7.98. The maximum Gasteiger partial charge on any atom is 0.149 e. The fourth-order valence-corrected chi connectivity index (χ4v) is 2.45. The van der Waals surface area contributed by atoms with Crippen LogP contribution in [0.5, 0.6) is 0 Å². The number of nitrogens with one attached hydrogen (secondary N) is 1. The van der Waals surface area contributed by atoms with Gasteiger partial charge in [0.1, 0.15) is 5.82 Å². The van der Waals surface area contributed by atoms with Gasteiger partial charge in [-0.15, -0.1) is 11.8 Å². The van der Waals surface area contributed by atoms with Crippen molar-refractivity contribution in [1.29, 1.82) is 0 Å². The van der Waals surface area contributed by atoms with Crippen molar-refractivity contribution in [1.82, 2.24) is 9.97 Å². The molecule has 0 aliphatic heterocycles. The van der Waals surface area contributed by atoms with Crippen molar-refractivity contribution in [2.45, 2.75) is 4.90 Å². The summed E-state index contributed by atoms with van der Waals surface area (Å²) in [5.74, 6) is 0.775. The minimum Gasteiger partial charge on any atom is -0.337 e. The predicted octanol–water partition coefficient (Wildman–Crippen LogP) is 4.04. The molecule has 0 amide bonds. The van der Waals surface area contributed by atoms with Gasteiger partial charge >= 0.3 is 0 Å². The number of aromatic amines is 1. The third kappa shape index (κ3) is 2.53. The molecule has 3 nitrogen and oxygen atoms in total. The quantitative estimate of drug-likeness (QED) is 0.575. The predicted molar refractivity (Wildman–Crippen MR) is 81.6 cm³/mol. The van der Waals surface area contributed by atoms with Gasteiger partial charge in [0.15, 0.2) is 0 Å². The van der Waals surface area contributed by atoms with E-state index in [2.05, 4.69) is 27.3 Å². The van der Waals surface area contributed by atoms with Crippen LogP contribution in [0.2, 0.25) is 0 Å². The van der Waals surface area contributed by atoms with E-state index in [4.69, 9.17) is 0 Å². The molecule has 0 unspecified atom stereocenters. The Labute approximate surface area is 115 Å². The number of H-pyrrole nitrogens is 1. The molecule has 3 aromatic rings. The lowest BCUT2D eigenvalue weighted by molar-refractivity contribution is 1.29. The zero-order valence-electron chi connectivity index (χ0n) is 10.5. The standard InChI is InChI=1S/C15H13N3S/c1-19-14-9-5-4-8-13(14)16-10-15-17-11-6-2-3-7-12(11)18-15/h2-10H,1H3,(H,17,18). The molecule has 2 aromatic carbocycles. The molecule has 1 N–H and O–H groups in total. The second kappa shape index (κ2) is 5.28. The first-order valence-corrected chi connectivity index (χ1v) is 7.21. The maximum absolute atomic E-state index is 4.50. The summed E-state index contributed by atoms with van der Waals surface area (Å²) in [6, 6.07) is 16.0. The monoisotopic (exact) mass is 267 g/mol. The zero-order chi connectivity index (χ0) is 13.1. The topological polar surface area (TPSA) is 41.0 Å². The lowest BCUT2D eigenvalue weighted by Crippen LogP contribution is -1.83. The van der Waals surface area contributed by atoms with Crippen LogP contribution >= 0.6 is 11.8 Å². The Balaban J connectivity index is 1.93. The first kappa shape index (κ1) is 12.0. The summed E-state index contributed by atoms with van der Waals surface area (Å²) in [5.41, 5.74) is 2.96. The van der Waals surface area contributed by atoms with Crippen LogP contribution < -0.4 is 0 Å². The van der Waals surface area contributed by atoms with Crippen LogP contribution in [0.15, 0.2) is 58.4 Å². The number of nitrogens with zero attached hydrogens (tertiary/aromatic N) is 2. The van der Waals surface area contributed by atoms with E-state index in [-0.39, 0.29) is 0 Å². The Morgan fingerprint density at radius 2 is 1.89 bits per heavy atom.